The minimum absolute atomic E-state index is 0.0817. The topological polar surface area (TPSA) is 61.4 Å². The van der Waals surface area contributed by atoms with Crippen LogP contribution < -0.4 is 10.6 Å². The van der Waals surface area contributed by atoms with E-state index in [1.54, 1.807) is 0 Å². The van der Waals surface area contributed by atoms with Crippen molar-refractivity contribution in [2.24, 2.45) is 0 Å². The summed E-state index contributed by atoms with van der Waals surface area (Å²) in [5.41, 5.74) is -0.605. The van der Waals surface area contributed by atoms with Gasteiger partial charge in [0.05, 0.1) is 11.7 Å². The summed E-state index contributed by atoms with van der Waals surface area (Å²) in [6.45, 7) is 0.425. The standard InChI is InChI=1S/C13H17F3N2O2/c1-17-12(20)5-6-18-8-11(19)9-3-2-4-10(7-9)13(14,15)16/h2-4,7,11,18-19H,5-6,8H2,1H3,(H,17,20). The summed E-state index contributed by atoms with van der Waals surface area (Å²) in [7, 11) is 1.51. The number of aliphatic hydroxyl groups is 1. The fourth-order valence-corrected chi connectivity index (χ4v) is 1.61. The lowest BCUT2D eigenvalue weighted by Gasteiger charge is -2.14. The number of aliphatic hydroxyl groups excluding tert-OH is 1. The third-order valence-corrected chi connectivity index (χ3v) is 2.74. The van der Waals surface area contributed by atoms with Crippen LogP contribution in [0.5, 0.6) is 0 Å². The van der Waals surface area contributed by atoms with Gasteiger partial charge in [-0.05, 0) is 17.7 Å². The van der Waals surface area contributed by atoms with Crippen LogP contribution in [0.3, 0.4) is 0 Å². The highest BCUT2D eigenvalue weighted by Crippen LogP contribution is 2.30. The molecule has 0 heterocycles. The van der Waals surface area contributed by atoms with Crippen molar-refractivity contribution in [1.82, 2.24) is 10.6 Å². The zero-order chi connectivity index (χ0) is 15.2. The Hall–Kier alpha value is -1.60. The molecule has 0 saturated carbocycles. The molecule has 4 nitrogen and oxygen atoms in total. The van der Waals surface area contributed by atoms with Crippen LogP contribution in [0.15, 0.2) is 24.3 Å². The van der Waals surface area contributed by atoms with Crippen LogP contribution in [0, 0.1) is 0 Å². The fraction of sp³-hybridized carbons (Fsp3) is 0.462. The van der Waals surface area contributed by atoms with Gasteiger partial charge in [0, 0.05) is 26.6 Å². The lowest BCUT2D eigenvalue weighted by atomic mass is 10.1. The maximum Gasteiger partial charge on any atom is 0.416 e. The minimum Gasteiger partial charge on any atom is -0.387 e. The molecule has 0 spiro atoms. The highest BCUT2D eigenvalue weighted by Gasteiger charge is 2.30. The predicted molar refractivity (Wildman–Crippen MR) is 68.0 cm³/mol. The first-order chi connectivity index (χ1) is 9.34. The van der Waals surface area contributed by atoms with E-state index in [-0.39, 0.29) is 24.4 Å². The summed E-state index contributed by atoms with van der Waals surface area (Å²) in [4.78, 5) is 10.9. The fourth-order valence-electron chi connectivity index (χ4n) is 1.61. The molecular weight excluding hydrogens is 273 g/mol. The van der Waals surface area contributed by atoms with Crippen LogP contribution in [0.4, 0.5) is 13.2 Å². The Labute approximate surface area is 115 Å². The molecule has 1 rings (SSSR count). The molecule has 3 N–H and O–H groups in total. The van der Waals surface area contributed by atoms with Crippen LogP contribution in [0.2, 0.25) is 0 Å². The highest BCUT2D eigenvalue weighted by atomic mass is 19.4. The second-order valence-corrected chi connectivity index (χ2v) is 4.27. The first-order valence-corrected chi connectivity index (χ1v) is 6.11. The molecule has 0 radical (unpaired) electrons. The number of nitrogens with one attached hydrogen (secondary N) is 2. The van der Waals surface area contributed by atoms with E-state index in [2.05, 4.69) is 10.6 Å². The molecule has 0 bridgehead atoms. The Balaban J connectivity index is 2.51. The largest absolute Gasteiger partial charge is 0.416 e. The number of alkyl halides is 3. The van der Waals surface area contributed by atoms with Gasteiger partial charge in [-0.15, -0.1) is 0 Å². The number of carbonyl (C=O) groups is 1. The van der Waals surface area contributed by atoms with Crippen molar-refractivity contribution in [3.05, 3.63) is 35.4 Å². The first kappa shape index (κ1) is 16.5. The van der Waals surface area contributed by atoms with Crippen molar-refractivity contribution in [2.75, 3.05) is 20.1 Å². The maximum atomic E-state index is 12.5. The predicted octanol–water partition coefficient (Wildman–Crippen LogP) is 1.46. The molecule has 1 unspecified atom stereocenters. The lowest BCUT2D eigenvalue weighted by molar-refractivity contribution is -0.137. The van der Waals surface area contributed by atoms with Gasteiger partial charge in [-0.1, -0.05) is 12.1 Å². The monoisotopic (exact) mass is 290 g/mol. The average molecular weight is 290 g/mol. The second kappa shape index (κ2) is 7.25. The van der Waals surface area contributed by atoms with E-state index in [9.17, 15) is 23.1 Å². The molecule has 0 aromatic heterocycles. The number of amides is 1. The summed E-state index contributed by atoms with van der Waals surface area (Å²) < 4.78 is 37.6. The summed E-state index contributed by atoms with van der Waals surface area (Å²) >= 11 is 0. The molecule has 1 atom stereocenters. The number of halogens is 3. The molecule has 1 amide bonds. The zero-order valence-corrected chi connectivity index (χ0v) is 11.0. The molecule has 1 aromatic rings. The van der Waals surface area contributed by atoms with Crippen LogP contribution in [0.25, 0.3) is 0 Å². The number of hydrogen-bond donors (Lipinski definition) is 3. The van der Waals surface area contributed by atoms with E-state index in [1.165, 1.54) is 19.2 Å². The van der Waals surface area contributed by atoms with Gasteiger partial charge >= 0.3 is 6.18 Å². The second-order valence-electron chi connectivity index (χ2n) is 4.27. The Morgan fingerprint density at radius 3 is 2.70 bits per heavy atom. The van der Waals surface area contributed by atoms with Gasteiger partial charge in [-0.2, -0.15) is 13.2 Å². The molecule has 0 saturated heterocycles. The van der Waals surface area contributed by atoms with E-state index in [4.69, 9.17) is 0 Å². The molecule has 20 heavy (non-hydrogen) atoms. The van der Waals surface area contributed by atoms with Gasteiger partial charge in [0.2, 0.25) is 5.91 Å². The molecule has 1 aromatic carbocycles. The van der Waals surface area contributed by atoms with Crippen LogP contribution >= 0.6 is 0 Å². The van der Waals surface area contributed by atoms with Crippen molar-refractivity contribution in [3.8, 4) is 0 Å². The first-order valence-electron chi connectivity index (χ1n) is 6.11. The van der Waals surface area contributed by atoms with E-state index in [0.29, 0.717) is 6.54 Å². The molecule has 0 fully saturated rings. The molecule has 112 valence electrons. The van der Waals surface area contributed by atoms with Crippen molar-refractivity contribution >= 4 is 5.91 Å². The van der Waals surface area contributed by atoms with Gasteiger partial charge in [0.1, 0.15) is 0 Å². The van der Waals surface area contributed by atoms with Gasteiger partial charge in [0.15, 0.2) is 0 Å². The summed E-state index contributed by atoms with van der Waals surface area (Å²) in [6, 6.07) is 4.56. The third-order valence-electron chi connectivity index (χ3n) is 2.74. The SMILES string of the molecule is CNC(=O)CCNCC(O)c1cccc(C(F)(F)F)c1. The normalized spacial score (nSPS) is 13.1. The summed E-state index contributed by atoms with van der Waals surface area (Å²) in [5, 5.41) is 15.1. The van der Waals surface area contributed by atoms with Crippen molar-refractivity contribution in [1.29, 1.82) is 0 Å². The molecule has 0 aliphatic rings. The number of carbonyl (C=O) groups excluding carboxylic acids is 1. The number of hydrogen-bond acceptors (Lipinski definition) is 3. The quantitative estimate of drug-likeness (QED) is 0.695. The Bertz CT molecular complexity index is 449. The molecule has 0 aliphatic carbocycles. The smallest absolute Gasteiger partial charge is 0.387 e. The molecule has 0 aliphatic heterocycles. The van der Waals surface area contributed by atoms with Crippen molar-refractivity contribution in [3.63, 3.8) is 0 Å². The van der Waals surface area contributed by atoms with Gasteiger partial charge in [-0.3, -0.25) is 4.79 Å². The van der Waals surface area contributed by atoms with Crippen LogP contribution in [0.1, 0.15) is 23.7 Å². The Kier molecular flexibility index (Phi) is 5.97. The molecular formula is C13H17F3N2O2. The van der Waals surface area contributed by atoms with Gasteiger partial charge in [0.25, 0.3) is 0 Å². The molecule has 7 heteroatoms. The van der Waals surface area contributed by atoms with E-state index < -0.39 is 17.8 Å². The van der Waals surface area contributed by atoms with E-state index >= 15 is 0 Å². The maximum absolute atomic E-state index is 12.5. The highest BCUT2D eigenvalue weighted by molar-refractivity contribution is 5.75. The Morgan fingerprint density at radius 1 is 1.40 bits per heavy atom. The minimum atomic E-state index is -4.43. The number of benzene rings is 1. The Morgan fingerprint density at radius 2 is 2.10 bits per heavy atom. The van der Waals surface area contributed by atoms with Crippen LogP contribution in [-0.4, -0.2) is 31.2 Å². The third kappa shape index (κ3) is 5.18. The lowest BCUT2D eigenvalue weighted by Crippen LogP contribution is -2.27. The van der Waals surface area contributed by atoms with Crippen LogP contribution in [-0.2, 0) is 11.0 Å². The zero-order valence-electron chi connectivity index (χ0n) is 11.0. The van der Waals surface area contributed by atoms with Gasteiger partial charge in [-0.25, -0.2) is 0 Å². The van der Waals surface area contributed by atoms with Crippen molar-refractivity contribution < 1.29 is 23.1 Å². The van der Waals surface area contributed by atoms with Gasteiger partial charge < -0.3 is 15.7 Å². The summed E-state index contributed by atoms with van der Waals surface area (Å²) in [5.74, 6) is -0.147. The summed E-state index contributed by atoms with van der Waals surface area (Å²) in [6.07, 6.45) is -5.24. The van der Waals surface area contributed by atoms with E-state index in [0.717, 1.165) is 12.1 Å². The number of rotatable bonds is 6. The van der Waals surface area contributed by atoms with Crippen molar-refractivity contribution in [2.45, 2.75) is 18.7 Å². The van der Waals surface area contributed by atoms with E-state index in [1.807, 2.05) is 0 Å². The average Bonchev–Trinajstić information content (AvgIpc) is 2.42.